The van der Waals surface area contributed by atoms with Crippen molar-refractivity contribution in [2.24, 2.45) is 0 Å². The van der Waals surface area contributed by atoms with E-state index in [2.05, 4.69) is 27.4 Å². The van der Waals surface area contributed by atoms with Gasteiger partial charge in [0.05, 0.1) is 21.5 Å². The maximum Gasteiger partial charge on any atom is 0.230 e. The number of rotatable bonds is 4. The summed E-state index contributed by atoms with van der Waals surface area (Å²) in [5.41, 5.74) is 1.88. The molecule has 3 aromatic heterocycles. The van der Waals surface area contributed by atoms with E-state index in [4.69, 9.17) is 4.98 Å². The Morgan fingerprint density at radius 2 is 2.12 bits per heavy atom. The number of nitrogens with one attached hydrogen (secondary N) is 1. The summed E-state index contributed by atoms with van der Waals surface area (Å²) in [5.74, 6) is 0.352. The number of hydrogen-bond acceptors (Lipinski definition) is 6. The number of thiophene rings is 1. The predicted molar refractivity (Wildman–Crippen MR) is 104 cm³/mol. The molecule has 0 fully saturated rings. The first-order valence-corrected chi connectivity index (χ1v) is 9.77. The summed E-state index contributed by atoms with van der Waals surface area (Å²) >= 11 is 3.02. The zero-order chi connectivity index (χ0) is 17.4. The molecule has 1 aromatic carbocycles. The Kier molecular flexibility index (Phi) is 4.27. The van der Waals surface area contributed by atoms with E-state index < -0.39 is 0 Å². The van der Waals surface area contributed by atoms with Gasteiger partial charge in [-0.05, 0) is 26.0 Å². The molecule has 0 radical (unpaired) electrons. The molecule has 3 heterocycles. The molecule has 4 rings (SSSR count). The second kappa shape index (κ2) is 6.57. The van der Waals surface area contributed by atoms with E-state index in [1.807, 2.05) is 32.0 Å². The van der Waals surface area contributed by atoms with E-state index >= 15 is 0 Å². The minimum Gasteiger partial charge on any atom is -0.353 e. The van der Waals surface area contributed by atoms with Crippen molar-refractivity contribution in [3.05, 3.63) is 36.7 Å². The van der Waals surface area contributed by atoms with Gasteiger partial charge in [-0.1, -0.05) is 30.0 Å². The summed E-state index contributed by atoms with van der Waals surface area (Å²) in [6.07, 6.45) is 1.56. The number of hydrogen-bond donors (Lipinski definition) is 1. The van der Waals surface area contributed by atoms with Crippen LogP contribution >= 0.6 is 23.1 Å². The molecule has 0 saturated carbocycles. The standard InChI is InChI=1S/C18H16N4OS2/c1-10(2)21-14(23)8-24-18-16-15(19-9-20-18)12-7-11-5-3-4-6-13(11)22-17(12)25-16/h3-7,9-10H,8H2,1-2H3,(H,21,23). The summed E-state index contributed by atoms with van der Waals surface area (Å²) in [6, 6.07) is 10.3. The normalized spacial score (nSPS) is 11.6. The third-order valence-corrected chi connectivity index (χ3v) is 5.92. The molecule has 5 nitrogen and oxygen atoms in total. The van der Waals surface area contributed by atoms with E-state index in [0.717, 1.165) is 36.4 Å². The fourth-order valence-corrected chi connectivity index (χ4v) is 4.69. The van der Waals surface area contributed by atoms with Crippen LogP contribution in [0.4, 0.5) is 0 Å². The number of para-hydroxylation sites is 1. The average Bonchev–Trinajstić information content (AvgIpc) is 2.95. The van der Waals surface area contributed by atoms with Crippen molar-refractivity contribution in [3.8, 4) is 0 Å². The highest BCUT2D eigenvalue weighted by molar-refractivity contribution is 8.00. The number of carbonyl (C=O) groups is 1. The van der Waals surface area contributed by atoms with Gasteiger partial charge in [0, 0.05) is 16.8 Å². The lowest BCUT2D eigenvalue weighted by atomic mass is 10.2. The predicted octanol–water partition coefficient (Wildman–Crippen LogP) is 4.01. The molecule has 0 saturated heterocycles. The minimum atomic E-state index is 0.0109. The zero-order valence-corrected chi connectivity index (χ0v) is 15.4. The van der Waals surface area contributed by atoms with Gasteiger partial charge in [0.2, 0.25) is 5.91 Å². The van der Waals surface area contributed by atoms with E-state index in [1.54, 1.807) is 17.7 Å². The summed E-state index contributed by atoms with van der Waals surface area (Å²) in [6.45, 7) is 3.90. The van der Waals surface area contributed by atoms with Gasteiger partial charge in [-0.15, -0.1) is 11.3 Å². The Morgan fingerprint density at radius 3 is 2.96 bits per heavy atom. The van der Waals surface area contributed by atoms with Crippen LogP contribution in [-0.4, -0.2) is 32.7 Å². The largest absolute Gasteiger partial charge is 0.353 e. The molecule has 1 N–H and O–H groups in total. The number of carbonyl (C=O) groups excluding carboxylic acids is 1. The molecule has 0 atom stereocenters. The summed E-state index contributed by atoms with van der Waals surface area (Å²) in [7, 11) is 0. The Bertz CT molecular complexity index is 1090. The Hall–Kier alpha value is -2.25. The Balaban J connectivity index is 1.76. The van der Waals surface area contributed by atoms with Gasteiger partial charge in [-0.25, -0.2) is 15.0 Å². The highest BCUT2D eigenvalue weighted by Crippen LogP contribution is 2.37. The van der Waals surface area contributed by atoms with Crippen molar-refractivity contribution < 1.29 is 4.79 Å². The number of amides is 1. The SMILES string of the molecule is CC(C)NC(=O)CSc1ncnc2c1sc1nc3ccccc3cc12. The van der Waals surface area contributed by atoms with Gasteiger partial charge in [0.15, 0.2) is 0 Å². The molecule has 0 aliphatic heterocycles. The number of aromatic nitrogens is 3. The number of fused-ring (bicyclic) bond motifs is 4. The van der Waals surface area contributed by atoms with Crippen LogP contribution in [0, 0.1) is 0 Å². The first-order chi connectivity index (χ1) is 12.1. The van der Waals surface area contributed by atoms with Crippen molar-refractivity contribution >= 4 is 60.3 Å². The highest BCUT2D eigenvalue weighted by Gasteiger charge is 2.15. The van der Waals surface area contributed by atoms with Gasteiger partial charge >= 0.3 is 0 Å². The van der Waals surface area contributed by atoms with Gasteiger partial charge < -0.3 is 5.32 Å². The van der Waals surface area contributed by atoms with Crippen LogP contribution in [0.25, 0.3) is 31.3 Å². The second-order valence-electron chi connectivity index (χ2n) is 6.00. The second-order valence-corrected chi connectivity index (χ2v) is 7.97. The summed E-state index contributed by atoms with van der Waals surface area (Å²) < 4.78 is 0.989. The fourth-order valence-electron chi connectivity index (χ4n) is 2.68. The lowest BCUT2D eigenvalue weighted by Crippen LogP contribution is -2.31. The number of benzene rings is 1. The molecular weight excluding hydrogens is 352 g/mol. The van der Waals surface area contributed by atoms with Gasteiger partial charge in [0.1, 0.15) is 16.2 Å². The number of thioether (sulfide) groups is 1. The van der Waals surface area contributed by atoms with E-state index in [-0.39, 0.29) is 11.9 Å². The molecule has 1 amide bonds. The van der Waals surface area contributed by atoms with Gasteiger partial charge in [-0.3, -0.25) is 4.79 Å². The zero-order valence-electron chi connectivity index (χ0n) is 13.8. The molecule has 7 heteroatoms. The van der Waals surface area contributed by atoms with Crippen molar-refractivity contribution in [1.82, 2.24) is 20.3 Å². The molecule has 25 heavy (non-hydrogen) atoms. The summed E-state index contributed by atoms with van der Waals surface area (Å²) in [4.78, 5) is 26.4. The monoisotopic (exact) mass is 368 g/mol. The topological polar surface area (TPSA) is 67.8 Å². The summed E-state index contributed by atoms with van der Waals surface area (Å²) in [5, 5.41) is 5.86. The minimum absolute atomic E-state index is 0.0109. The Morgan fingerprint density at radius 1 is 1.28 bits per heavy atom. The van der Waals surface area contributed by atoms with Crippen LogP contribution in [0.2, 0.25) is 0 Å². The van der Waals surface area contributed by atoms with Crippen LogP contribution in [0.3, 0.4) is 0 Å². The molecule has 0 spiro atoms. The molecular formula is C18H16N4OS2. The maximum atomic E-state index is 11.9. The van der Waals surface area contributed by atoms with Crippen LogP contribution in [0.5, 0.6) is 0 Å². The fraction of sp³-hybridized carbons (Fsp3) is 0.222. The lowest BCUT2D eigenvalue weighted by Gasteiger charge is -2.07. The molecule has 126 valence electrons. The van der Waals surface area contributed by atoms with E-state index in [9.17, 15) is 4.79 Å². The van der Waals surface area contributed by atoms with Crippen molar-refractivity contribution in [1.29, 1.82) is 0 Å². The first kappa shape index (κ1) is 16.2. The van der Waals surface area contributed by atoms with Crippen LogP contribution < -0.4 is 5.32 Å². The molecule has 0 unspecified atom stereocenters. The molecule has 0 aliphatic carbocycles. The van der Waals surface area contributed by atoms with Crippen LogP contribution in [0.15, 0.2) is 41.7 Å². The van der Waals surface area contributed by atoms with Crippen molar-refractivity contribution in [2.75, 3.05) is 5.75 Å². The number of pyridine rings is 1. The highest BCUT2D eigenvalue weighted by atomic mass is 32.2. The van der Waals surface area contributed by atoms with Crippen LogP contribution in [0.1, 0.15) is 13.8 Å². The molecule has 4 aromatic rings. The van der Waals surface area contributed by atoms with Crippen molar-refractivity contribution in [3.63, 3.8) is 0 Å². The Labute approximate surface area is 152 Å². The van der Waals surface area contributed by atoms with Crippen molar-refractivity contribution in [2.45, 2.75) is 24.9 Å². The van der Waals surface area contributed by atoms with E-state index in [0.29, 0.717) is 5.75 Å². The quantitative estimate of drug-likeness (QED) is 0.435. The maximum absolute atomic E-state index is 11.9. The first-order valence-electron chi connectivity index (χ1n) is 7.97. The third kappa shape index (κ3) is 3.17. The van der Waals surface area contributed by atoms with Gasteiger partial charge in [-0.2, -0.15) is 0 Å². The average molecular weight is 368 g/mol. The molecule has 0 aliphatic rings. The van der Waals surface area contributed by atoms with Crippen LogP contribution in [-0.2, 0) is 4.79 Å². The number of nitrogens with zero attached hydrogens (tertiary/aromatic N) is 3. The smallest absolute Gasteiger partial charge is 0.230 e. The van der Waals surface area contributed by atoms with Gasteiger partial charge in [0.25, 0.3) is 0 Å². The van der Waals surface area contributed by atoms with E-state index in [1.165, 1.54) is 11.8 Å². The third-order valence-electron chi connectivity index (χ3n) is 3.70. The molecule has 0 bridgehead atoms. The lowest BCUT2D eigenvalue weighted by molar-refractivity contribution is -0.119.